The van der Waals surface area contributed by atoms with Crippen LogP contribution in [0.25, 0.3) is 0 Å². The van der Waals surface area contributed by atoms with E-state index in [0.717, 1.165) is 22.3 Å². The summed E-state index contributed by atoms with van der Waals surface area (Å²) >= 11 is 3.32. The molecule has 6 unspecified atom stereocenters. The first kappa shape index (κ1) is 14.6. The van der Waals surface area contributed by atoms with Crippen LogP contribution < -0.4 is 5.43 Å². The summed E-state index contributed by atoms with van der Waals surface area (Å²) in [6, 6.07) is 6.85. The predicted molar refractivity (Wildman–Crippen MR) is 88.3 cm³/mol. The molecule has 0 aromatic heterocycles. The molecule has 1 N–H and O–H groups in total. The molecule has 124 valence electrons. The highest BCUT2D eigenvalue weighted by Gasteiger charge is 2.68. The lowest BCUT2D eigenvalue weighted by Gasteiger charge is -2.42. The maximum absolute atomic E-state index is 12.8. The van der Waals surface area contributed by atoms with E-state index in [1.807, 2.05) is 0 Å². The zero-order chi connectivity index (χ0) is 16.6. The third-order valence-electron chi connectivity index (χ3n) is 6.46. The van der Waals surface area contributed by atoms with Crippen LogP contribution >= 0.6 is 15.9 Å². The lowest BCUT2D eigenvalue weighted by Crippen LogP contribution is -2.46. The maximum Gasteiger partial charge on any atom is 0.270 e. The molecule has 1 saturated heterocycles. The Balaban J connectivity index is 1.40. The Labute approximate surface area is 147 Å². The van der Waals surface area contributed by atoms with Crippen LogP contribution in [0.5, 0.6) is 0 Å². The molecule has 2 bridgehead atoms. The summed E-state index contributed by atoms with van der Waals surface area (Å²) in [5.74, 6) is 0.752. The van der Waals surface area contributed by atoms with Gasteiger partial charge in [-0.2, -0.15) is 5.01 Å². The molecule has 24 heavy (non-hydrogen) atoms. The number of nitrogens with one attached hydrogen (secondary N) is 1. The molecule has 6 heteroatoms. The van der Waals surface area contributed by atoms with E-state index in [2.05, 4.69) is 21.4 Å². The molecular weight excluding hydrogens is 372 g/mol. The number of carbonyl (C=O) groups is 3. The molecule has 1 aliphatic heterocycles. The largest absolute Gasteiger partial charge is 0.272 e. The van der Waals surface area contributed by atoms with Gasteiger partial charge in [-0.3, -0.25) is 19.8 Å². The lowest BCUT2D eigenvalue weighted by atomic mass is 9.59. The van der Waals surface area contributed by atoms with E-state index < -0.39 is 5.91 Å². The number of nitrogens with zero attached hydrogens (tertiary/aromatic N) is 1. The van der Waals surface area contributed by atoms with E-state index in [4.69, 9.17) is 0 Å². The van der Waals surface area contributed by atoms with Crippen LogP contribution in [0, 0.1) is 35.5 Å². The zero-order valence-electron chi connectivity index (χ0n) is 12.9. The molecule has 4 saturated carbocycles. The number of hydrazine groups is 1. The number of benzene rings is 1. The van der Waals surface area contributed by atoms with Gasteiger partial charge in [-0.15, -0.1) is 0 Å². The number of hydrogen-bond donors (Lipinski definition) is 1. The summed E-state index contributed by atoms with van der Waals surface area (Å²) in [6.07, 6.45) is 3.30. The summed E-state index contributed by atoms with van der Waals surface area (Å²) in [6.45, 7) is 0. The fourth-order valence-electron chi connectivity index (χ4n) is 5.42. The molecule has 6 atom stereocenters. The molecular formula is C18H17BrN2O3. The van der Waals surface area contributed by atoms with Crippen molar-refractivity contribution in [3.63, 3.8) is 0 Å². The Morgan fingerprint density at radius 2 is 1.50 bits per heavy atom. The summed E-state index contributed by atoms with van der Waals surface area (Å²) in [4.78, 5) is 38.0. The SMILES string of the molecule is O=C(NN1C(=O)C2C3CCC(C4CC43)C2C1=O)c1ccc(Br)cc1. The van der Waals surface area contributed by atoms with Crippen molar-refractivity contribution in [2.24, 2.45) is 35.5 Å². The first-order chi connectivity index (χ1) is 11.6. The van der Waals surface area contributed by atoms with Gasteiger partial charge in [-0.25, -0.2) is 0 Å². The predicted octanol–water partition coefficient (Wildman–Crippen LogP) is 2.37. The lowest BCUT2D eigenvalue weighted by molar-refractivity contribution is -0.143. The average Bonchev–Trinajstić information content (AvgIpc) is 3.36. The van der Waals surface area contributed by atoms with Crippen molar-refractivity contribution >= 4 is 33.7 Å². The van der Waals surface area contributed by atoms with E-state index in [1.54, 1.807) is 24.3 Å². The van der Waals surface area contributed by atoms with Crippen LogP contribution in [0.1, 0.15) is 29.6 Å². The zero-order valence-corrected chi connectivity index (χ0v) is 14.5. The number of carbonyl (C=O) groups excluding carboxylic acids is 3. The van der Waals surface area contributed by atoms with Crippen molar-refractivity contribution in [3.8, 4) is 0 Å². The number of fused-ring (bicyclic) bond motifs is 1. The molecule has 6 rings (SSSR count). The van der Waals surface area contributed by atoms with Gasteiger partial charge in [0.1, 0.15) is 0 Å². The van der Waals surface area contributed by atoms with Gasteiger partial charge in [0.15, 0.2) is 0 Å². The molecule has 5 fully saturated rings. The van der Waals surface area contributed by atoms with Crippen LogP contribution in [0.4, 0.5) is 0 Å². The summed E-state index contributed by atoms with van der Waals surface area (Å²) in [5, 5.41) is 1.01. The van der Waals surface area contributed by atoms with E-state index in [9.17, 15) is 14.4 Å². The van der Waals surface area contributed by atoms with Crippen LogP contribution in [0.2, 0.25) is 0 Å². The highest BCUT2D eigenvalue weighted by atomic mass is 79.9. The topological polar surface area (TPSA) is 66.5 Å². The van der Waals surface area contributed by atoms with Gasteiger partial charge in [-0.05, 0) is 67.2 Å². The third-order valence-corrected chi connectivity index (χ3v) is 6.99. The van der Waals surface area contributed by atoms with Crippen molar-refractivity contribution in [1.29, 1.82) is 0 Å². The van der Waals surface area contributed by atoms with Crippen LogP contribution in [0.15, 0.2) is 28.7 Å². The highest BCUT2D eigenvalue weighted by molar-refractivity contribution is 9.10. The van der Waals surface area contributed by atoms with Gasteiger partial charge in [0.2, 0.25) is 0 Å². The van der Waals surface area contributed by atoms with Crippen molar-refractivity contribution < 1.29 is 14.4 Å². The molecule has 0 spiro atoms. The van der Waals surface area contributed by atoms with Crippen LogP contribution in [-0.2, 0) is 9.59 Å². The van der Waals surface area contributed by atoms with Crippen LogP contribution in [-0.4, -0.2) is 22.7 Å². The molecule has 5 nitrogen and oxygen atoms in total. The molecule has 5 aliphatic rings. The molecule has 0 radical (unpaired) electrons. The first-order valence-corrected chi connectivity index (χ1v) is 9.30. The van der Waals surface area contributed by atoms with Crippen LogP contribution in [0.3, 0.4) is 0 Å². The molecule has 4 aliphatic carbocycles. The third kappa shape index (κ3) is 1.89. The Hall–Kier alpha value is -1.69. The summed E-state index contributed by atoms with van der Waals surface area (Å²) in [5.41, 5.74) is 2.98. The van der Waals surface area contributed by atoms with Crippen molar-refractivity contribution in [2.75, 3.05) is 0 Å². The highest BCUT2D eigenvalue weighted by Crippen LogP contribution is 2.67. The molecule has 1 heterocycles. The second-order valence-electron chi connectivity index (χ2n) is 7.48. The Morgan fingerprint density at radius 3 is 2.04 bits per heavy atom. The fourth-order valence-corrected chi connectivity index (χ4v) is 5.68. The van der Waals surface area contributed by atoms with Crippen molar-refractivity contribution in [2.45, 2.75) is 19.3 Å². The summed E-state index contributed by atoms with van der Waals surface area (Å²) in [7, 11) is 0. The quantitative estimate of drug-likeness (QED) is 0.790. The van der Waals surface area contributed by atoms with Gasteiger partial charge < -0.3 is 0 Å². The maximum atomic E-state index is 12.8. The van der Waals surface area contributed by atoms with E-state index in [1.165, 1.54) is 6.42 Å². The van der Waals surface area contributed by atoms with Gasteiger partial charge in [0.25, 0.3) is 17.7 Å². The molecule has 1 aromatic carbocycles. The normalized spacial score (nSPS) is 38.8. The second kappa shape index (κ2) is 4.91. The van der Waals surface area contributed by atoms with Crippen molar-refractivity contribution in [3.05, 3.63) is 34.3 Å². The van der Waals surface area contributed by atoms with Gasteiger partial charge >= 0.3 is 0 Å². The number of amides is 3. The molecule has 3 amide bonds. The Morgan fingerprint density at radius 1 is 0.958 bits per heavy atom. The standard InChI is InChI=1S/C18H17BrN2O3/c19-9-3-1-8(2-4-9)16(22)20-21-17(23)14-10-5-6-11(13-7-12(10)13)15(14)18(21)24/h1-4,10-15H,5-7H2,(H,20,22). The smallest absolute Gasteiger partial charge is 0.270 e. The number of rotatable bonds is 2. The minimum absolute atomic E-state index is 0.199. The Kier molecular flexibility index (Phi) is 2.99. The first-order valence-electron chi connectivity index (χ1n) is 8.50. The van der Waals surface area contributed by atoms with E-state index in [-0.39, 0.29) is 23.7 Å². The van der Waals surface area contributed by atoms with E-state index >= 15 is 0 Å². The van der Waals surface area contributed by atoms with Gasteiger partial charge in [0, 0.05) is 10.0 Å². The second-order valence-corrected chi connectivity index (χ2v) is 8.40. The number of hydrogen-bond acceptors (Lipinski definition) is 3. The van der Waals surface area contributed by atoms with Gasteiger partial charge in [-0.1, -0.05) is 15.9 Å². The molecule has 1 aromatic rings. The van der Waals surface area contributed by atoms with Gasteiger partial charge in [0.05, 0.1) is 11.8 Å². The fraction of sp³-hybridized carbons (Fsp3) is 0.500. The Bertz CT molecular complexity index is 728. The number of halogens is 1. The van der Waals surface area contributed by atoms with E-state index in [0.29, 0.717) is 29.2 Å². The summed E-state index contributed by atoms with van der Waals surface area (Å²) < 4.78 is 0.870. The minimum atomic E-state index is -0.416. The monoisotopic (exact) mass is 388 g/mol. The van der Waals surface area contributed by atoms with Crippen molar-refractivity contribution in [1.82, 2.24) is 10.4 Å². The minimum Gasteiger partial charge on any atom is -0.272 e. The average molecular weight is 389 g/mol. The number of imide groups is 1.